The van der Waals surface area contributed by atoms with Crippen LogP contribution >= 0.6 is 0 Å². The van der Waals surface area contributed by atoms with Crippen LogP contribution in [0.15, 0.2) is 0 Å². The SMILES string of the molecule is O=C([O-])c1c(C(=O)[O-])c(C(=O)[O-])c(C(=O)[O-])c(C(=O)[O-])c1C(=O)[O-].[Mg+2].[Mg+2].[Mg+2]. The summed E-state index contributed by atoms with van der Waals surface area (Å²) in [6, 6.07) is 0. The number of rotatable bonds is 6. The van der Waals surface area contributed by atoms with E-state index in [1.807, 2.05) is 0 Å². The van der Waals surface area contributed by atoms with E-state index in [0.717, 1.165) is 0 Å². The molecule has 1 aromatic rings. The number of hydrogen-bond acceptors (Lipinski definition) is 12. The molecule has 0 saturated carbocycles. The van der Waals surface area contributed by atoms with E-state index in [9.17, 15) is 59.4 Å². The molecule has 27 heavy (non-hydrogen) atoms. The van der Waals surface area contributed by atoms with Crippen molar-refractivity contribution in [2.75, 3.05) is 0 Å². The van der Waals surface area contributed by atoms with Gasteiger partial charge < -0.3 is 59.4 Å². The Morgan fingerprint density at radius 2 is 0.407 bits per heavy atom. The Kier molecular flexibility index (Phi) is 12.5. The van der Waals surface area contributed by atoms with E-state index in [0.29, 0.717) is 0 Å². The van der Waals surface area contributed by atoms with E-state index in [-0.39, 0.29) is 69.2 Å². The first kappa shape index (κ1) is 30.1. The second-order valence-electron chi connectivity index (χ2n) is 3.97. The molecule has 15 heteroatoms. The van der Waals surface area contributed by atoms with Crippen molar-refractivity contribution in [2.45, 2.75) is 0 Å². The van der Waals surface area contributed by atoms with Crippen molar-refractivity contribution in [3.8, 4) is 0 Å². The first-order valence-corrected chi connectivity index (χ1v) is 5.45. The summed E-state index contributed by atoms with van der Waals surface area (Å²) in [7, 11) is 0. The van der Waals surface area contributed by atoms with E-state index in [2.05, 4.69) is 0 Å². The number of aromatic carboxylic acids is 6. The zero-order valence-corrected chi connectivity index (χ0v) is 17.3. The van der Waals surface area contributed by atoms with Gasteiger partial charge in [0.25, 0.3) is 0 Å². The van der Waals surface area contributed by atoms with Crippen molar-refractivity contribution >= 4 is 105 Å². The molecule has 12 nitrogen and oxygen atoms in total. The summed E-state index contributed by atoms with van der Waals surface area (Å²) >= 11 is 0. The number of carboxylic acid groups (broad SMARTS) is 6. The van der Waals surface area contributed by atoms with E-state index >= 15 is 0 Å². The summed E-state index contributed by atoms with van der Waals surface area (Å²) in [4.78, 5) is 66.0. The van der Waals surface area contributed by atoms with E-state index in [1.54, 1.807) is 0 Å². The van der Waals surface area contributed by atoms with Gasteiger partial charge in [-0.3, -0.25) is 0 Å². The van der Waals surface area contributed by atoms with Gasteiger partial charge in [0.05, 0.1) is 35.8 Å². The van der Waals surface area contributed by atoms with Crippen LogP contribution in [-0.4, -0.2) is 105 Å². The Morgan fingerprint density at radius 3 is 0.444 bits per heavy atom. The van der Waals surface area contributed by atoms with E-state index in [4.69, 9.17) is 0 Å². The Morgan fingerprint density at radius 1 is 0.333 bits per heavy atom. The van der Waals surface area contributed by atoms with Gasteiger partial charge in [0.15, 0.2) is 0 Å². The molecule has 0 amide bonds. The maximum absolute atomic E-state index is 11.0. The number of benzene rings is 1. The maximum Gasteiger partial charge on any atom is 2.00 e. The van der Waals surface area contributed by atoms with Crippen LogP contribution in [0.1, 0.15) is 62.1 Å². The van der Waals surface area contributed by atoms with Crippen molar-refractivity contribution < 1.29 is 59.4 Å². The molecule has 0 saturated heterocycles. The molecule has 0 aliphatic carbocycles. The summed E-state index contributed by atoms with van der Waals surface area (Å²) < 4.78 is 0. The minimum absolute atomic E-state index is 0. The molecule has 0 bridgehead atoms. The standard InChI is InChI=1S/C12H6O12.3Mg/c13-7(14)1-2(8(15)16)4(10(19)20)6(12(23)24)5(11(21)22)3(1)9(17)18;;;/h(H,13,14)(H,15,16)(H,17,18)(H,19,20)(H,21,22)(H,23,24);;;/q;3*+2/p-6. The van der Waals surface area contributed by atoms with E-state index < -0.39 is 69.2 Å². The third kappa shape index (κ3) is 5.66. The Hall–Kier alpha value is -1.66. The number of hydrogen-bond donors (Lipinski definition) is 0. The number of carbonyl (C=O) groups is 6. The van der Waals surface area contributed by atoms with Gasteiger partial charge in [-0.25, -0.2) is 0 Å². The minimum atomic E-state index is -2.66. The van der Waals surface area contributed by atoms with Crippen LogP contribution < -0.4 is 30.6 Å². The second kappa shape index (κ2) is 11.2. The molecule has 1 rings (SSSR count). The first-order chi connectivity index (χ1) is 10.9. The fourth-order valence-electron chi connectivity index (χ4n) is 1.97. The topological polar surface area (TPSA) is 241 Å². The number of carbonyl (C=O) groups excluding carboxylic acids is 6. The molecule has 126 valence electrons. The summed E-state index contributed by atoms with van der Waals surface area (Å²) in [6.07, 6.45) is 0. The van der Waals surface area contributed by atoms with Gasteiger partial charge in [0.2, 0.25) is 0 Å². The second-order valence-corrected chi connectivity index (χ2v) is 3.97. The molecule has 0 unspecified atom stereocenters. The molecule has 0 fully saturated rings. The molecular formula is C12Mg3O12. The molecule has 0 aromatic heterocycles. The van der Waals surface area contributed by atoms with Gasteiger partial charge in [-0.2, -0.15) is 0 Å². The largest absolute Gasteiger partial charge is 2.00 e. The Bertz CT molecular complexity index is 646. The number of carboxylic acids is 6. The molecule has 1 aromatic carbocycles. The van der Waals surface area contributed by atoms with Crippen LogP contribution in [0.25, 0.3) is 0 Å². The predicted octanol–water partition coefficient (Wildman–Crippen LogP) is -9.27. The average Bonchev–Trinajstić information content (AvgIpc) is 2.42. The van der Waals surface area contributed by atoms with Crippen molar-refractivity contribution in [1.82, 2.24) is 0 Å². The van der Waals surface area contributed by atoms with Gasteiger partial charge >= 0.3 is 69.2 Å². The van der Waals surface area contributed by atoms with Gasteiger partial charge in [-0.15, -0.1) is 0 Å². The van der Waals surface area contributed by atoms with Crippen LogP contribution in [-0.2, 0) is 0 Å². The molecular weight excluding hydrogens is 409 g/mol. The van der Waals surface area contributed by atoms with Gasteiger partial charge in [-0.1, -0.05) is 0 Å². The molecule has 0 N–H and O–H groups in total. The van der Waals surface area contributed by atoms with Crippen LogP contribution in [0.3, 0.4) is 0 Å². The first-order valence-electron chi connectivity index (χ1n) is 5.45. The molecule has 0 aliphatic heterocycles. The Balaban J connectivity index is -0.00000192. The smallest absolute Gasteiger partial charge is 0.545 e. The van der Waals surface area contributed by atoms with Crippen molar-refractivity contribution in [1.29, 1.82) is 0 Å². The van der Waals surface area contributed by atoms with Gasteiger partial charge in [0, 0.05) is 33.4 Å². The van der Waals surface area contributed by atoms with Gasteiger partial charge in [0.1, 0.15) is 0 Å². The van der Waals surface area contributed by atoms with Crippen molar-refractivity contribution in [3.05, 3.63) is 33.4 Å². The monoisotopic (exact) mass is 408 g/mol. The molecule has 0 spiro atoms. The molecule has 0 heterocycles. The zero-order valence-electron chi connectivity index (χ0n) is 13.0. The van der Waals surface area contributed by atoms with E-state index in [1.165, 1.54) is 0 Å². The summed E-state index contributed by atoms with van der Waals surface area (Å²) in [5, 5.41) is 66.0. The van der Waals surface area contributed by atoms with Crippen LogP contribution in [0.4, 0.5) is 0 Å². The summed E-state index contributed by atoms with van der Waals surface area (Å²) in [6.45, 7) is 0. The third-order valence-corrected chi connectivity index (χ3v) is 2.72. The Labute approximate surface area is 196 Å². The summed E-state index contributed by atoms with van der Waals surface area (Å²) in [5.74, 6) is -16.0. The fourth-order valence-corrected chi connectivity index (χ4v) is 1.97. The van der Waals surface area contributed by atoms with Gasteiger partial charge in [-0.05, 0) is 0 Å². The molecule has 0 aliphatic rings. The average molecular weight is 409 g/mol. The zero-order chi connectivity index (χ0) is 18.9. The van der Waals surface area contributed by atoms with Crippen molar-refractivity contribution in [2.24, 2.45) is 0 Å². The van der Waals surface area contributed by atoms with Crippen LogP contribution in [0.2, 0.25) is 0 Å². The fraction of sp³-hybridized carbons (Fsp3) is 0. The van der Waals surface area contributed by atoms with Crippen molar-refractivity contribution in [3.63, 3.8) is 0 Å². The third-order valence-electron chi connectivity index (χ3n) is 2.72. The van der Waals surface area contributed by atoms with Crippen LogP contribution in [0, 0.1) is 0 Å². The molecule has 0 atom stereocenters. The predicted molar refractivity (Wildman–Crippen MR) is 69.7 cm³/mol. The van der Waals surface area contributed by atoms with Crippen LogP contribution in [0.5, 0.6) is 0 Å². The maximum atomic E-state index is 11.0. The quantitative estimate of drug-likeness (QED) is 0.398. The normalized spacial score (nSPS) is 8.89. The molecule has 0 radical (unpaired) electrons. The summed E-state index contributed by atoms with van der Waals surface area (Å²) in [5.41, 5.74) is -12.0. The minimum Gasteiger partial charge on any atom is -0.545 e.